The van der Waals surface area contributed by atoms with Crippen molar-refractivity contribution in [3.63, 3.8) is 0 Å². The van der Waals surface area contributed by atoms with Crippen LogP contribution in [0.4, 0.5) is 4.39 Å². The zero-order chi connectivity index (χ0) is 14.3. The van der Waals surface area contributed by atoms with Crippen LogP contribution >= 0.6 is 0 Å². The Morgan fingerprint density at radius 3 is 2.37 bits per heavy atom. The van der Waals surface area contributed by atoms with Crippen LogP contribution in [-0.4, -0.2) is 14.5 Å². The van der Waals surface area contributed by atoms with Crippen molar-refractivity contribution in [1.29, 1.82) is 0 Å². The van der Waals surface area contributed by atoms with E-state index in [0.717, 1.165) is 0 Å². The van der Waals surface area contributed by atoms with Gasteiger partial charge in [0.1, 0.15) is 11.5 Å². The molecule has 0 radical (unpaired) electrons. The molecule has 2 aromatic heterocycles. The standard InChI is InChI=1S/C14H18FN3O/c1-7(2)12-10-6-11(15)9(5)16-13(10)18(8(3)4)14(19)17-12/h6-8H,1-5H3. The molecule has 0 saturated carbocycles. The quantitative estimate of drug-likeness (QED) is 0.837. The third-order valence-electron chi connectivity index (χ3n) is 3.12. The molecule has 102 valence electrons. The summed E-state index contributed by atoms with van der Waals surface area (Å²) in [5.41, 5.74) is 1.08. The van der Waals surface area contributed by atoms with Gasteiger partial charge in [0, 0.05) is 11.4 Å². The fourth-order valence-electron chi connectivity index (χ4n) is 2.15. The average molecular weight is 263 g/mol. The Balaban J connectivity index is 3.00. The summed E-state index contributed by atoms with van der Waals surface area (Å²) in [5, 5.41) is 0.617. The van der Waals surface area contributed by atoms with Gasteiger partial charge in [0.2, 0.25) is 0 Å². The molecule has 0 aliphatic heterocycles. The minimum atomic E-state index is -0.370. The number of nitrogens with zero attached hydrogens (tertiary/aromatic N) is 3. The van der Waals surface area contributed by atoms with Crippen LogP contribution in [0, 0.1) is 12.7 Å². The maximum Gasteiger partial charge on any atom is 0.349 e. The molecule has 5 heteroatoms. The molecule has 2 rings (SSSR count). The van der Waals surface area contributed by atoms with Crippen molar-refractivity contribution in [2.45, 2.75) is 46.6 Å². The summed E-state index contributed by atoms with van der Waals surface area (Å²) in [7, 11) is 0. The molecular weight excluding hydrogens is 245 g/mol. The van der Waals surface area contributed by atoms with Crippen LogP contribution < -0.4 is 5.69 Å². The van der Waals surface area contributed by atoms with Crippen molar-refractivity contribution in [2.24, 2.45) is 0 Å². The molecule has 0 bridgehead atoms. The van der Waals surface area contributed by atoms with E-state index in [0.29, 0.717) is 22.4 Å². The van der Waals surface area contributed by atoms with Gasteiger partial charge in [0.25, 0.3) is 0 Å². The number of pyridine rings is 1. The maximum absolute atomic E-state index is 13.7. The summed E-state index contributed by atoms with van der Waals surface area (Å²) < 4.78 is 15.3. The molecule has 0 N–H and O–H groups in total. The lowest BCUT2D eigenvalue weighted by atomic mass is 10.1. The van der Waals surface area contributed by atoms with E-state index in [1.807, 2.05) is 27.7 Å². The maximum atomic E-state index is 13.7. The molecule has 0 spiro atoms. The number of halogens is 1. The fourth-order valence-corrected chi connectivity index (χ4v) is 2.15. The van der Waals surface area contributed by atoms with Gasteiger partial charge in [0.15, 0.2) is 0 Å². The Labute approximate surface area is 111 Å². The number of hydrogen-bond donors (Lipinski definition) is 0. The second-order valence-electron chi connectivity index (χ2n) is 5.32. The van der Waals surface area contributed by atoms with Crippen molar-refractivity contribution in [1.82, 2.24) is 14.5 Å². The van der Waals surface area contributed by atoms with Crippen LogP contribution in [0.3, 0.4) is 0 Å². The number of hydrogen-bond acceptors (Lipinski definition) is 3. The van der Waals surface area contributed by atoms with E-state index in [9.17, 15) is 9.18 Å². The molecule has 0 aliphatic carbocycles. The van der Waals surface area contributed by atoms with E-state index in [2.05, 4.69) is 9.97 Å². The number of fused-ring (bicyclic) bond motifs is 1. The lowest BCUT2D eigenvalue weighted by Gasteiger charge is -2.16. The van der Waals surface area contributed by atoms with E-state index in [4.69, 9.17) is 0 Å². The molecule has 0 aliphatic rings. The van der Waals surface area contributed by atoms with Crippen LogP contribution in [0.25, 0.3) is 11.0 Å². The molecule has 0 amide bonds. The first-order chi connectivity index (χ1) is 8.82. The van der Waals surface area contributed by atoms with E-state index in [1.165, 1.54) is 10.6 Å². The van der Waals surface area contributed by atoms with Crippen LogP contribution in [0.1, 0.15) is 51.0 Å². The molecule has 0 saturated heterocycles. The van der Waals surface area contributed by atoms with Gasteiger partial charge in [-0.15, -0.1) is 0 Å². The molecule has 2 heterocycles. The van der Waals surface area contributed by atoms with Crippen LogP contribution in [0.2, 0.25) is 0 Å². The van der Waals surface area contributed by atoms with Gasteiger partial charge in [-0.05, 0) is 32.8 Å². The summed E-state index contributed by atoms with van der Waals surface area (Å²) >= 11 is 0. The normalized spacial score (nSPS) is 11.8. The topological polar surface area (TPSA) is 47.8 Å². The third-order valence-corrected chi connectivity index (χ3v) is 3.12. The zero-order valence-electron chi connectivity index (χ0n) is 11.9. The third kappa shape index (κ3) is 2.25. The van der Waals surface area contributed by atoms with Gasteiger partial charge in [-0.2, -0.15) is 4.98 Å². The van der Waals surface area contributed by atoms with Crippen LogP contribution in [0.5, 0.6) is 0 Å². The Morgan fingerprint density at radius 2 is 1.84 bits per heavy atom. The van der Waals surface area contributed by atoms with E-state index < -0.39 is 0 Å². The highest BCUT2D eigenvalue weighted by Crippen LogP contribution is 2.24. The lowest BCUT2D eigenvalue weighted by molar-refractivity contribution is 0.569. The van der Waals surface area contributed by atoms with E-state index >= 15 is 0 Å². The second kappa shape index (κ2) is 4.72. The first kappa shape index (κ1) is 13.6. The number of aryl methyl sites for hydroxylation is 1. The average Bonchev–Trinajstić information content (AvgIpc) is 2.29. The molecule has 0 aromatic carbocycles. The Kier molecular flexibility index (Phi) is 3.39. The van der Waals surface area contributed by atoms with Crippen molar-refractivity contribution in [2.75, 3.05) is 0 Å². The van der Waals surface area contributed by atoms with Crippen LogP contribution in [0.15, 0.2) is 10.9 Å². The number of rotatable bonds is 2. The van der Waals surface area contributed by atoms with Crippen molar-refractivity contribution in [3.8, 4) is 0 Å². The van der Waals surface area contributed by atoms with Crippen molar-refractivity contribution < 1.29 is 4.39 Å². The summed E-state index contributed by atoms with van der Waals surface area (Å²) in [6, 6.07) is 1.36. The van der Waals surface area contributed by atoms with Gasteiger partial charge < -0.3 is 0 Å². The summed E-state index contributed by atoms with van der Waals surface area (Å²) in [6.45, 7) is 9.23. The minimum Gasteiger partial charge on any atom is -0.273 e. The second-order valence-corrected chi connectivity index (χ2v) is 5.32. The van der Waals surface area contributed by atoms with Crippen molar-refractivity contribution in [3.05, 3.63) is 33.8 Å². The lowest BCUT2D eigenvalue weighted by Crippen LogP contribution is -2.27. The van der Waals surface area contributed by atoms with Gasteiger partial charge in [-0.25, -0.2) is 14.2 Å². The largest absolute Gasteiger partial charge is 0.349 e. The smallest absolute Gasteiger partial charge is 0.273 e. The monoisotopic (exact) mass is 263 g/mol. The first-order valence-electron chi connectivity index (χ1n) is 6.42. The Bertz CT molecular complexity index is 689. The van der Waals surface area contributed by atoms with Crippen molar-refractivity contribution >= 4 is 11.0 Å². The van der Waals surface area contributed by atoms with Gasteiger partial charge >= 0.3 is 5.69 Å². The summed E-state index contributed by atoms with van der Waals surface area (Å²) in [6.07, 6.45) is 0. The highest BCUT2D eigenvalue weighted by molar-refractivity contribution is 5.78. The van der Waals surface area contributed by atoms with E-state index in [1.54, 1.807) is 6.92 Å². The summed E-state index contributed by atoms with van der Waals surface area (Å²) in [4.78, 5) is 20.5. The SMILES string of the molecule is Cc1nc2c(cc1F)c(C(C)C)nc(=O)n2C(C)C. The number of aromatic nitrogens is 3. The predicted octanol–water partition coefficient (Wildman–Crippen LogP) is 2.94. The van der Waals surface area contributed by atoms with Gasteiger partial charge in [-0.3, -0.25) is 4.57 Å². The molecule has 4 nitrogen and oxygen atoms in total. The highest BCUT2D eigenvalue weighted by atomic mass is 19.1. The molecule has 2 aromatic rings. The molecule has 0 fully saturated rings. The Morgan fingerprint density at radius 1 is 1.21 bits per heavy atom. The van der Waals surface area contributed by atoms with Gasteiger partial charge in [0.05, 0.1) is 11.4 Å². The molecule has 0 atom stereocenters. The molecular formula is C14H18FN3O. The fraction of sp³-hybridized carbons (Fsp3) is 0.500. The summed E-state index contributed by atoms with van der Waals surface area (Å²) in [5.74, 6) is -0.328. The zero-order valence-corrected chi connectivity index (χ0v) is 11.9. The molecule has 19 heavy (non-hydrogen) atoms. The predicted molar refractivity (Wildman–Crippen MR) is 73.0 cm³/mol. The van der Waals surface area contributed by atoms with Gasteiger partial charge in [-0.1, -0.05) is 13.8 Å². The first-order valence-corrected chi connectivity index (χ1v) is 6.42. The Hall–Kier alpha value is -1.78. The van der Waals surface area contributed by atoms with E-state index in [-0.39, 0.29) is 23.5 Å². The van der Waals surface area contributed by atoms with Crippen LogP contribution in [-0.2, 0) is 0 Å². The minimum absolute atomic E-state index is 0.0425. The highest BCUT2D eigenvalue weighted by Gasteiger charge is 2.17. The molecule has 0 unspecified atom stereocenters.